The summed E-state index contributed by atoms with van der Waals surface area (Å²) in [5.74, 6) is 0. The zero-order valence-electron chi connectivity index (χ0n) is 7.19. The van der Waals surface area contributed by atoms with Crippen molar-refractivity contribution in [2.75, 3.05) is 0 Å². The number of rotatable bonds is 1. The van der Waals surface area contributed by atoms with Gasteiger partial charge in [0.1, 0.15) is 5.69 Å². The molecule has 0 aliphatic rings. The van der Waals surface area contributed by atoms with E-state index >= 15 is 0 Å². The van der Waals surface area contributed by atoms with Crippen molar-refractivity contribution in [2.24, 2.45) is 0 Å². The molecule has 0 aliphatic heterocycles. The first-order chi connectivity index (χ1) is 5.88. The first kappa shape index (κ1) is 9.74. The standard InChI is InChI=1S/C9H9N3.ClH/c1-7-4-2-3-5-8(7)9-6-10-12-11-9;/h2-6H,1H3,(H,10,11,12);1H. The first-order valence-corrected chi connectivity index (χ1v) is 3.80. The van der Waals surface area contributed by atoms with Gasteiger partial charge in [0.2, 0.25) is 0 Å². The third kappa shape index (κ3) is 1.87. The van der Waals surface area contributed by atoms with Gasteiger partial charge in [0.15, 0.2) is 0 Å². The molecule has 2 aromatic rings. The summed E-state index contributed by atoms with van der Waals surface area (Å²) in [7, 11) is 0. The molecule has 3 nitrogen and oxygen atoms in total. The lowest BCUT2D eigenvalue weighted by Gasteiger charge is -1.98. The summed E-state index contributed by atoms with van der Waals surface area (Å²) in [5.41, 5.74) is 3.24. The van der Waals surface area contributed by atoms with Gasteiger partial charge in [0, 0.05) is 11.8 Å². The number of hydrogen-bond acceptors (Lipinski definition) is 2. The number of aryl methyl sites for hydroxylation is 1. The SMILES string of the molecule is Cc1ccccc1-c1c[nH]nn1.Cl. The van der Waals surface area contributed by atoms with Gasteiger partial charge in [-0.2, -0.15) is 0 Å². The fraction of sp³-hybridized carbons (Fsp3) is 0.111. The van der Waals surface area contributed by atoms with Crippen molar-refractivity contribution in [1.82, 2.24) is 15.4 Å². The van der Waals surface area contributed by atoms with E-state index in [1.165, 1.54) is 5.56 Å². The Kier molecular flexibility index (Phi) is 3.03. The summed E-state index contributed by atoms with van der Waals surface area (Å²) in [4.78, 5) is 0. The van der Waals surface area contributed by atoms with Crippen LogP contribution in [0.15, 0.2) is 30.5 Å². The van der Waals surface area contributed by atoms with E-state index in [-0.39, 0.29) is 12.4 Å². The molecule has 0 atom stereocenters. The Morgan fingerprint density at radius 3 is 2.62 bits per heavy atom. The second kappa shape index (κ2) is 4.05. The van der Waals surface area contributed by atoms with Crippen LogP contribution in [0.2, 0.25) is 0 Å². The minimum Gasteiger partial charge on any atom is -0.265 e. The zero-order valence-corrected chi connectivity index (χ0v) is 8.01. The average Bonchev–Trinajstić information content (AvgIpc) is 2.57. The van der Waals surface area contributed by atoms with Gasteiger partial charge in [0.25, 0.3) is 0 Å². The van der Waals surface area contributed by atoms with Gasteiger partial charge in [-0.25, -0.2) is 0 Å². The van der Waals surface area contributed by atoms with Gasteiger partial charge in [0.05, 0.1) is 0 Å². The lowest BCUT2D eigenvalue weighted by atomic mass is 10.1. The van der Waals surface area contributed by atoms with Gasteiger partial charge in [-0.15, -0.1) is 17.5 Å². The zero-order chi connectivity index (χ0) is 8.39. The van der Waals surface area contributed by atoms with Crippen molar-refractivity contribution < 1.29 is 0 Å². The molecule has 0 aliphatic carbocycles. The highest BCUT2D eigenvalue weighted by atomic mass is 35.5. The maximum atomic E-state index is 3.94. The largest absolute Gasteiger partial charge is 0.265 e. The van der Waals surface area contributed by atoms with E-state index in [0.29, 0.717) is 0 Å². The molecule has 0 bridgehead atoms. The number of benzene rings is 1. The predicted octanol–water partition coefficient (Wildman–Crippen LogP) is 2.20. The summed E-state index contributed by atoms with van der Waals surface area (Å²) in [6.07, 6.45) is 1.79. The van der Waals surface area contributed by atoms with Gasteiger partial charge >= 0.3 is 0 Å². The van der Waals surface area contributed by atoms with Crippen LogP contribution in [0, 0.1) is 6.92 Å². The third-order valence-corrected chi connectivity index (χ3v) is 1.84. The number of aromatic amines is 1. The maximum Gasteiger partial charge on any atom is 0.113 e. The summed E-state index contributed by atoms with van der Waals surface area (Å²) < 4.78 is 0. The summed E-state index contributed by atoms with van der Waals surface area (Å²) in [6, 6.07) is 8.10. The maximum absolute atomic E-state index is 3.94. The molecule has 1 heterocycles. The fourth-order valence-corrected chi connectivity index (χ4v) is 1.19. The molecule has 1 aromatic carbocycles. The molecular formula is C9H10ClN3. The van der Waals surface area contributed by atoms with Crippen molar-refractivity contribution in [3.8, 4) is 11.3 Å². The third-order valence-electron chi connectivity index (χ3n) is 1.84. The van der Waals surface area contributed by atoms with Crippen molar-refractivity contribution >= 4 is 12.4 Å². The number of nitrogens with zero attached hydrogens (tertiary/aromatic N) is 2. The van der Waals surface area contributed by atoms with Gasteiger partial charge in [-0.1, -0.05) is 29.5 Å². The lowest BCUT2D eigenvalue weighted by Crippen LogP contribution is -1.81. The van der Waals surface area contributed by atoms with Crippen LogP contribution in [0.25, 0.3) is 11.3 Å². The normalized spacial score (nSPS) is 9.31. The van der Waals surface area contributed by atoms with Crippen LogP contribution < -0.4 is 0 Å². The molecule has 0 saturated carbocycles. The molecule has 0 saturated heterocycles. The number of halogens is 1. The van der Waals surface area contributed by atoms with E-state index in [9.17, 15) is 0 Å². The predicted molar refractivity (Wildman–Crippen MR) is 53.8 cm³/mol. The molecule has 0 radical (unpaired) electrons. The quantitative estimate of drug-likeness (QED) is 0.758. The minimum atomic E-state index is 0. The van der Waals surface area contributed by atoms with E-state index in [2.05, 4.69) is 28.4 Å². The second-order valence-electron chi connectivity index (χ2n) is 2.67. The molecule has 13 heavy (non-hydrogen) atoms. The molecule has 0 fully saturated rings. The second-order valence-corrected chi connectivity index (χ2v) is 2.67. The van der Waals surface area contributed by atoms with Crippen LogP contribution in [0.3, 0.4) is 0 Å². The molecule has 2 rings (SSSR count). The van der Waals surface area contributed by atoms with Crippen LogP contribution in [0.4, 0.5) is 0 Å². The Morgan fingerprint density at radius 1 is 1.23 bits per heavy atom. The van der Waals surface area contributed by atoms with Crippen molar-refractivity contribution in [3.63, 3.8) is 0 Å². The Morgan fingerprint density at radius 2 is 2.00 bits per heavy atom. The number of H-pyrrole nitrogens is 1. The van der Waals surface area contributed by atoms with Gasteiger partial charge in [-0.05, 0) is 12.5 Å². The van der Waals surface area contributed by atoms with Gasteiger partial charge in [-0.3, -0.25) is 5.10 Å². The molecular weight excluding hydrogens is 186 g/mol. The number of nitrogens with one attached hydrogen (secondary N) is 1. The van der Waals surface area contributed by atoms with E-state index in [0.717, 1.165) is 11.3 Å². The molecule has 1 N–H and O–H groups in total. The monoisotopic (exact) mass is 195 g/mol. The van der Waals surface area contributed by atoms with E-state index in [1.807, 2.05) is 18.2 Å². The summed E-state index contributed by atoms with van der Waals surface area (Å²) in [6.45, 7) is 2.06. The average molecular weight is 196 g/mol. The molecule has 0 unspecified atom stereocenters. The minimum absolute atomic E-state index is 0. The lowest BCUT2D eigenvalue weighted by molar-refractivity contribution is 0.942. The van der Waals surface area contributed by atoms with Crippen molar-refractivity contribution in [3.05, 3.63) is 36.0 Å². The summed E-state index contributed by atoms with van der Waals surface area (Å²) in [5, 5.41) is 10.3. The smallest absolute Gasteiger partial charge is 0.113 e. The molecule has 0 amide bonds. The topological polar surface area (TPSA) is 41.6 Å². The highest BCUT2D eigenvalue weighted by Crippen LogP contribution is 2.18. The van der Waals surface area contributed by atoms with Crippen LogP contribution in [0.1, 0.15) is 5.56 Å². The highest BCUT2D eigenvalue weighted by Gasteiger charge is 2.01. The Bertz CT molecular complexity index is 370. The molecule has 4 heteroatoms. The van der Waals surface area contributed by atoms with Crippen LogP contribution >= 0.6 is 12.4 Å². The van der Waals surface area contributed by atoms with E-state index in [4.69, 9.17) is 0 Å². The molecule has 1 aromatic heterocycles. The van der Waals surface area contributed by atoms with Crippen LogP contribution in [-0.4, -0.2) is 15.4 Å². The van der Waals surface area contributed by atoms with Crippen molar-refractivity contribution in [1.29, 1.82) is 0 Å². The van der Waals surface area contributed by atoms with Crippen LogP contribution in [0.5, 0.6) is 0 Å². The molecule has 0 spiro atoms. The summed E-state index contributed by atoms with van der Waals surface area (Å²) >= 11 is 0. The fourth-order valence-electron chi connectivity index (χ4n) is 1.19. The van der Waals surface area contributed by atoms with Crippen LogP contribution in [-0.2, 0) is 0 Å². The Hall–Kier alpha value is -1.35. The Labute approximate surface area is 82.6 Å². The molecule has 68 valence electrons. The number of aromatic nitrogens is 3. The number of hydrogen-bond donors (Lipinski definition) is 1. The van der Waals surface area contributed by atoms with E-state index < -0.39 is 0 Å². The van der Waals surface area contributed by atoms with E-state index in [1.54, 1.807) is 6.20 Å². The Balaban J connectivity index is 0.000000845. The first-order valence-electron chi connectivity index (χ1n) is 3.80. The van der Waals surface area contributed by atoms with Gasteiger partial charge < -0.3 is 0 Å². The highest BCUT2D eigenvalue weighted by molar-refractivity contribution is 5.85. The van der Waals surface area contributed by atoms with Crippen molar-refractivity contribution in [2.45, 2.75) is 6.92 Å².